The van der Waals surface area contributed by atoms with Gasteiger partial charge in [-0.3, -0.25) is 4.79 Å². The average molecular weight is 516 g/mol. The van der Waals surface area contributed by atoms with Gasteiger partial charge in [-0.1, -0.05) is 30.3 Å². The number of nitrogens with zero attached hydrogens (tertiary/aromatic N) is 3. The number of methoxy groups -OCH3 is 1. The Labute approximate surface area is 222 Å². The van der Waals surface area contributed by atoms with E-state index in [1.807, 2.05) is 54.3 Å². The molecule has 1 saturated heterocycles. The topological polar surface area (TPSA) is 65.9 Å². The van der Waals surface area contributed by atoms with Crippen LogP contribution in [-0.2, 0) is 13.1 Å². The lowest BCUT2D eigenvalue weighted by Gasteiger charge is -2.33. The van der Waals surface area contributed by atoms with Crippen LogP contribution in [0.5, 0.6) is 5.75 Å². The number of pyridine rings is 1. The second-order valence-electron chi connectivity index (χ2n) is 9.78. The molecule has 3 heterocycles. The zero-order valence-electron chi connectivity index (χ0n) is 21.6. The number of carbonyl (C=O) groups is 1. The SMILES string of the molecule is COc1ccc(CN(Cc2cc3cccc(C)c3nc2N2CCCC(O)C2)C(=O)c2ccc(C)s2)cc1. The monoisotopic (exact) mass is 515 g/mol. The average Bonchev–Trinajstić information content (AvgIpc) is 3.34. The normalized spacial score (nSPS) is 15.7. The number of rotatable bonds is 7. The van der Waals surface area contributed by atoms with Crippen LogP contribution in [0.1, 0.15) is 44.1 Å². The number of hydrogen-bond acceptors (Lipinski definition) is 6. The minimum Gasteiger partial charge on any atom is -0.497 e. The van der Waals surface area contributed by atoms with Gasteiger partial charge >= 0.3 is 0 Å². The molecule has 5 rings (SSSR count). The van der Waals surface area contributed by atoms with E-state index in [1.165, 1.54) is 11.3 Å². The van der Waals surface area contributed by atoms with Crippen molar-refractivity contribution in [2.24, 2.45) is 0 Å². The van der Waals surface area contributed by atoms with Crippen molar-refractivity contribution < 1.29 is 14.6 Å². The number of piperidine rings is 1. The summed E-state index contributed by atoms with van der Waals surface area (Å²) < 4.78 is 5.32. The van der Waals surface area contributed by atoms with E-state index >= 15 is 0 Å². The van der Waals surface area contributed by atoms with Crippen molar-refractivity contribution >= 4 is 34.0 Å². The molecule has 4 aromatic rings. The number of amides is 1. The Hall–Kier alpha value is -3.42. The zero-order valence-corrected chi connectivity index (χ0v) is 22.4. The Morgan fingerprint density at radius 2 is 1.95 bits per heavy atom. The molecule has 1 atom stereocenters. The first-order chi connectivity index (χ1) is 17.9. The van der Waals surface area contributed by atoms with Gasteiger partial charge in [0, 0.05) is 35.5 Å². The summed E-state index contributed by atoms with van der Waals surface area (Å²) in [4.78, 5) is 24.8. The number of aliphatic hydroxyl groups is 1. The largest absolute Gasteiger partial charge is 0.497 e. The van der Waals surface area contributed by atoms with Gasteiger partial charge in [0.05, 0.1) is 30.2 Å². The van der Waals surface area contributed by atoms with E-state index in [2.05, 4.69) is 30.0 Å². The van der Waals surface area contributed by atoms with Crippen LogP contribution in [0.25, 0.3) is 10.9 Å². The molecule has 0 saturated carbocycles. The highest BCUT2D eigenvalue weighted by molar-refractivity contribution is 7.13. The van der Waals surface area contributed by atoms with E-state index < -0.39 is 0 Å². The Morgan fingerprint density at radius 3 is 2.65 bits per heavy atom. The summed E-state index contributed by atoms with van der Waals surface area (Å²) >= 11 is 1.52. The Morgan fingerprint density at radius 1 is 1.14 bits per heavy atom. The zero-order chi connectivity index (χ0) is 25.9. The number of β-amino-alcohol motifs (C(OH)–C–C–N with tert-alkyl or cyclic N) is 1. The number of aromatic nitrogens is 1. The fourth-order valence-electron chi connectivity index (χ4n) is 4.98. The van der Waals surface area contributed by atoms with E-state index in [4.69, 9.17) is 9.72 Å². The second kappa shape index (κ2) is 10.9. The van der Waals surface area contributed by atoms with Crippen LogP contribution >= 0.6 is 11.3 Å². The first-order valence-electron chi connectivity index (χ1n) is 12.7. The molecule has 192 valence electrons. The lowest BCUT2D eigenvalue weighted by atomic mass is 10.0. The molecule has 0 spiro atoms. The minimum absolute atomic E-state index is 0.00267. The number of carbonyl (C=O) groups excluding carboxylic acids is 1. The molecule has 37 heavy (non-hydrogen) atoms. The van der Waals surface area contributed by atoms with Crippen molar-refractivity contribution in [1.29, 1.82) is 0 Å². The molecular formula is C30H33N3O3S. The van der Waals surface area contributed by atoms with Crippen molar-refractivity contribution in [1.82, 2.24) is 9.88 Å². The third-order valence-electron chi connectivity index (χ3n) is 6.93. The number of aliphatic hydroxyl groups excluding tert-OH is 1. The van der Waals surface area contributed by atoms with E-state index in [1.54, 1.807) is 7.11 Å². The molecule has 0 aliphatic carbocycles. The molecule has 6 nitrogen and oxygen atoms in total. The molecular weight excluding hydrogens is 482 g/mol. The number of anilines is 1. The molecule has 1 fully saturated rings. The molecule has 2 aromatic carbocycles. The quantitative estimate of drug-likeness (QED) is 0.341. The van der Waals surface area contributed by atoms with Crippen molar-refractivity contribution in [2.45, 2.75) is 45.9 Å². The maximum atomic E-state index is 13.8. The minimum atomic E-state index is -0.373. The number of ether oxygens (including phenoxy) is 1. The van der Waals surface area contributed by atoms with Crippen LogP contribution in [0.3, 0.4) is 0 Å². The molecule has 1 unspecified atom stereocenters. The molecule has 1 amide bonds. The summed E-state index contributed by atoms with van der Waals surface area (Å²) in [6.07, 6.45) is 1.34. The van der Waals surface area contributed by atoms with E-state index in [0.29, 0.717) is 19.6 Å². The number of thiophene rings is 1. The van der Waals surface area contributed by atoms with Crippen LogP contribution < -0.4 is 9.64 Å². The molecule has 1 aliphatic rings. The van der Waals surface area contributed by atoms with Gasteiger partial charge in [-0.25, -0.2) is 4.98 Å². The van der Waals surface area contributed by atoms with Crippen LogP contribution in [0.4, 0.5) is 5.82 Å². The van der Waals surface area contributed by atoms with Crippen molar-refractivity contribution in [3.63, 3.8) is 0 Å². The molecule has 7 heteroatoms. The maximum absolute atomic E-state index is 13.8. The standard InChI is InChI=1S/C30H33N3O3S/c1-20-6-4-7-23-16-24(29(31-28(20)23)32-15-5-8-25(34)19-32)18-33(30(35)27-14-9-21(2)37-27)17-22-10-12-26(36-3)13-11-22/h4,6-7,9-14,16,25,34H,5,8,15,17-19H2,1-3H3. The third-order valence-corrected chi connectivity index (χ3v) is 7.92. The van der Waals surface area contributed by atoms with E-state index in [-0.39, 0.29) is 12.0 Å². The van der Waals surface area contributed by atoms with Crippen molar-refractivity contribution in [3.8, 4) is 5.75 Å². The summed E-state index contributed by atoms with van der Waals surface area (Å²) in [6.45, 7) is 6.36. The number of para-hydroxylation sites is 1. The van der Waals surface area contributed by atoms with E-state index in [9.17, 15) is 9.90 Å². The summed E-state index contributed by atoms with van der Waals surface area (Å²) in [5, 5.41) is 11.5. The van der Waals surface area contributed by atoms with Crippen LogP contribution in [0, 0.1) is 13.8 Å². The smallest absolute Gasteiger partial charge is 0.264 e. The first kappa shape index (κ1) is 25.2. The number of fused-ring (bicyclic) bond motifs is 1. The van der Waals surface area contributed by atoms with Crippen molar-refractivity contribution in [2.75, 3.05) is 25.1 Å². The predicted molar refractivity (Wildman–Crippen MR) is 150 cm³/mol. The van der Waals surface area contributed by atoms with Gasteiger partial charge in [0.15, 0.2) is 0 Å². The number of benzene rings is 2. The fourth-order valence-corrected chi connectivity index (χ4v) is 5.82. The summed E-state index contributed by atoms with van der Waals surface area (Å²) in [7, 11) is 1.65. The van der Waals surface area contributed by atoms with Gasteiger partial charge in [0.2, 0.25) is 0 Å². The van der Waals surface area contributed by atoms with Crippen LogP contribution in [0.15, 0.2) is 60.7 Å². The van der Waals surface area contributed by atoms with Crippen molar-refractivity contribution in [3.05, 3.63) is 87.1 Å². The maximum Gasteiger partial charge on any atom is 0.264 e. The number of aryl methyl sites for hydroxylation is 2. The fraction of sp³-hybridized carbons (Fsp3) is 0.333. The third kappa shape index (κ3) is 5.63. The Kier molecular flexibility index (Phi) is 7.44. The van der Waals surface area contributed by atoms with Gasteiger partial charge in [0.1, 0.15) is 11.6 Å². The Bertz CT molecular complexity index is 1400. The van der Waals surface area contributed by atoms with Gasteiger partial charge < -0.3 is 19.6 Å². The van der Waals surface area contributed by atoms with Crippen LogP contribution in [0.2, 0.25) is 0 Å². The highest BCUT2D eigenvalue weighted by Crippen LogP contribution is 2.30. The van der Waals surface area contributed by atoms with Gasteiger partial charge in [-0.2, -0.15) is 0 Å². The number of hydrogen-bond donors (Lipinski definition) is 1. The Balaban J connectivity index is 1.56. The van der Waals surface area contributed by atoms with E-state index in [0.717, 1.165) is 68.3 Å². The first-order valence-corrected chi connectivity index (χ1v) is 13.5. The van der Waals surface area contributed by atoms with Crippen LogP contribution in [-0.4, -0.2) is 47.2 Å². The second-order valence-corrected chi connectivity index (χ2v) is 11.1. The molecule has 0 radical (unpaired) electrons. The molecule has 2 aromatic heterocycles. The highest BCUT2D eigenvalue weighted by Gasteiger charge is 2.25. The van der Waals surface area contributed by atoms with Gasteiger partial charge in [0.25, 0.3) is 5.91 Å². The van der Waals surface area contributed by atoms with Gasteiger partial charge in [-0.05, 0) is 68.1 Å². The summed E-state index contributed by atoms with van der Waals surface area (Å²) in [5.74, 6) is 1.65. The molecule has 1 aliphatic heterocycles. The summed E-state index contributed by atoms with van der Waals surface area (Å²) in [6, 6.07) is 20.1. The lowest BCUT2D eigenvalue weighted by molar-refractivity contribution is 0.0735. The molecule has 0 bridgehead atoms. The molecule has 1 N–H and O–H groups in total. The van der Waals surface area contributed by atoms with Gasteiger partial charge in [-0.15, -0.1) is 11.3 Å². The predicted octanol–water partition coefficient (Wildman–Crippen LogP) is 5.73. The highest BCUT2D eigenvalue weighted by atomic mass is 32.1. The summed E-state index contributed by atoms with van der Waals surface area (Å²) in [5.41, 5.74) is 4.09. The lowest BCUT2D eigenvalue weighted by Crippen LogP contribution is -2.40.